The van der Waals surface area contributed by atoms with Crippen molar-refractivity contribution in [3.63, 3.8) is 0 Å². The largest absolute Gasteiger partial charge is 0.206 e. The topological polar surface area (TPSA) is 0 Å². The Morgan fingerprint density at radius 2 is 1.83 bits per heavy atom. The number of hydrogen-bond donors (Lipinski definition) is 0. The molecule has 0 aliphatic carbocycles. The van der Waals surface area contributed by atoms with Crippen LogP contribution in [0.5, 0.6) is 0 Å². The molecule has 0 N–H and O–H groups in total. The van der Waals surface area contributed by atoms with Gasteiger partial charge in [0.1, 0.15) is 5.82 Å². The molecule has 0 saturated carbocycles. The summed E-state index contributed by atoms with van der Waals surface area (Å²) in [6.45, 7) is 0. The molecule has 0 spiro atoms. The third kappa shape index (κ3) is 1.23. The predicted molar refractivity (Wildman–Crippen MR) is 51.6 cm³/mol. The van der Waals surface area contributed by atoms with Crippen molar-refractivity contribution in [1.82, 2.24) is 0 Å². The van der Waals surface area contributed by atoms with Gasteiger partial charge in [-0.15, -0.1) is 0 Å². The number of fused-ring (bicyclic) bond motifs is 1. The van der Waals surface area contributed by atoms with E-state index in [0.717, 1.165) is 9.86 Å². The standard InChI is InChI=1S/C10H6BrF/c11-8-5-7-3-1-2-4-9(7)10(12)6-8/h1-6H. The van der Waals surface area contributed by atoms with Gasteiger partial charge in [0.2, 0.25) is 0 Å². The zero-order valence-electron chi connectivity index (χ0n) is 6.22. The van der Waals surface area contributed by atoms with Gasteiger partial charge < -0.3 is 0 Å². The van der Waals surface area contributed by atoms with Crippen molar-refractivity contribution >= 4 is 26.7 Å². The van der Waals surface area contributed by atoms with Crippen LogP contribution in [-0.2, 0) is 0 Å². The number of benzene rings is 2. The molecule has 2 rings (SSSR count). The zero-order chi connectivity index (χ0) is 8.55. The molecule has 0 nitrogen and oxygen atoms in total. The minimum Gasteiger partial charge on any atom is -0.206 e. The van der Waals surface area contributed by atoms with Crippen molar-refractivity contribution in [3.05, 3.63) is 46.7 Å². The normalized spacial score (nSPS) is 10.5. The fraction of sp³-hybridized carbons (Fsp3) is 0. The van der Waals surface area contributed by atoms with Crippen molar-refractivity contribution in [2.24, 2.45) is 0 Å². The molecule has 0 aliphatic rings. The molecule has 0 aliphatic heterocycles. The van der Waals surface area contributed by atoms with Crippen LogP contribution < -0.4 is 0 Å². The van der Waals surface area contributed by atoms with Crippen molar-refractivity contribution < 1.29 is 4.39 Å². The molecule has 0 amide bonds. The lowest BCUT2D eigenvalue weighted by Crippen LogP contribution is -1.78. The van der Waals surface area contributed by atoms with Crippen LogP contribution in [0, 0.1) is 5.82 Å². The summed E-state index contributed by atoms with van der Waals surface area (Å²) in [5, 5.41) is 1.59. The third-order valence-electron chi connectivity index (χ3n) is 1.78. The lowest BCUT2D eigenvalue weighted by molar-refractivity contribution is 0.639. The van der Waals surface area contributed by atoms with Crippen LogP contribution in [0.4, 0.5) is 4.39 Å². The summed E-state index contributed by atoms with van der Waals surface area (Å²) in [6.07, 6.45) is 0. The molecule has 0 radical (unpaired) electrons. The van der Waals surface area contributed by atoms with Crippen molar-refractivity contribution in [2.75, 3.05) is 0 Å². The van der Waals surface area contributed by atoms with E-state index in [4.69, 9.17) is 0 Å². The van der Waals surface area contributed by atoms with E-state index < -0.39 is 0 Å². The predicted octanol–water partition coefficient (Wildman–Crippen LogP) is 3.74. The molecule has 0 heterocycles. The summed E-state index contributed by atoms with van der Waals surface area (Å²) in [7, 11) is 0. The first-order valence-electron chi connectivity index (χ1n) is 3.61. The highest BCUT2D eigenvalue weighted by molar-refractivity contribution is 9.10. The van der Waals surface area contributed by atoms with Crippen molar-refractivity contribution in [3.8, 4) is 0 Å². The van der Waals surface area contributed by atoms with E-state index in [1.165, 1.54) is 6.07 Å². The summed E-state index contributed by atoms with van der Waals surface area (Å²) in [5.41, 5.74) is 0. The number of hydrogen-bond acceptors (Lipinski definition) is 0. The van der Waals surface area contributed by atoms with E-state index >= 15 is 0 Å². The minimum absolute atomic E-state index is 0.181. The molecule has 2 aromatic carbocycles. The van der Waals surface area contributed by atoms with Crippen molar-refractivity contribution in [2.45, 2.75) is 0 Å². The lowest BCUT2D eigenvalue weighted by atomic mass is 10.1. The highest BCUT2D eigenvalue weighted by Gasteiger charge is 2.00. The van der Waals surface area contributed by atoms with Crippen LogP contribution in [0.25, 0.3) is 10.8 Å². The van der Waals surface area contributed by atoms with Gasteiger partial charge in [0.05, 0.1) is 0 Å². The molecule has 0 bridgehead atoms. The second-order valence-corrected chi connectivity index (χ2v) is 3.52. The zero-order valence-corrected chi connectivity index (χ0v) is 7.81. The molecule has 0 atom stereocenters. The molecule has 0 unspecified atom stereocenters. The van der Waals surface area contributed by atoms with E-state index in [1.54, 1.807) is 6.07 Å². The molecule has 0 saturated heterocycles. The monoisotopic (exact) mass is 224 g/mol. The SMILES string of the molecule is Fc1cc(Br)cc2ccccc12. The Hall–Kier alpha value is -0.890. The molecule has 0 fully saturated rings. The Bertz CT molecular complexity index is 423. The van der Waals surface area contributed by atoms with Gasteiger partial charge >= 0.3 is 0 Å². The van der Waals surface area contributed by atoms with Gasteiger partial charge in [-0.25, -0.2) is 4.39 Å². The van der Waals surface area contributed by atoms with Crippen LogP contribution in [0.3, 0.4) is 0 Å². The maximum atomic E-state index is 13.2. The molecule has 2 heteroatoms. The summed E-state index contributed by atoms with van der Waals surface area (Å²) >= 11 is 3.24. The number of halogens is 2. The van der Waals surface area contributed by atoms with Crippen LogP contribution in [0.2, 0.25) is 0 Å². The van der Waals surface area contributed by atoms with Crippen LogP contribution in [-0.4, -0.2) is 0 Å². The smallest absolute Gasteiger partial charge is 0.132 e. The van der Waals surface area contributed by atoms with Gasteiger partial charge in [-0.3, -0.25) is 0 Å². The maximum Gasteiger partial charge on any atom is 0.132 e. The Kier molecular flexibility index (Phi) is 1.85. The Balaban J connectivity index is 2.89. The van der Waals surface area contributed by atoms with Gasteiger partial charge in [0, 0.05) is 9.86 Å². The van der Waals surface area contributed by atoms with E-state index in [-0.39, 0.29) is 5.82 Å². The summed E-state index contributed by atoms with van der Waals surface area (Å²) in [4.78, 5) is 0. The van der Waals surface area contributed by atoms with E-state index in [0.29, 0.717) is 5.39 Å². The summed E-state index contributed by atoms with van der Waals surface area (Å²) in [6, 6.07) is 10.8. The fourth-order valence-electron chi connectivity index (χ4n) is 1.23. The molecule has 0 aromatic heterocycles. The van der Waals surface area contributed by atoms with E-state index in [9.17, 15) is 4.39 Å². The Labute approximate surface area is 78.1 Å². The van der Waals surface area contributed by atoms with Gasteiger partial charge in [-0.2, -0.15) is 0 Å². The first-order valence-corrected chi connectivity index (χ1v) is 4.40. The van der Waals surface area contributed by atoms with Gasteiger partial charge in [0.25, 0.3) is 0 Å². The molecule has 60 valence electrons. The lowest BCUT2D eigenvalue weighted by Gasteiger charge is -1.98. The summed E-state index contributed by atoms with van der Waals surface area (Å²) < 4.78 is 14.0. The highest BCUT2D eigenvalue weighted by atomic mass is 79.9. The van der Waals surface area contributed by atoms with Gasteiger partial charge in [0.15, 0.2) is 0 Å². The van der Waals surface area contributed by atoms with E-state index in [1.807, 2.05) is 24.3 Å². The fourth-order valence-corrected chi connectivity index (χ4v) is 1.68. The second kappa shape index (κ2) is 2.87. The van der Waals surface area contributed by atoms with Crippen LogP contribution in [0.1, 0.15) is 0 Å². The van der Waals surface area contributed by atoms with Gasteiger partial charge in [-0.1, -0.05) is 40.2 Å². The van der Waals surface area contributed by atoms with Crippen LogP contribution >= 0.6 is 15.9 Å². The molecular weight excluding hydrogens is 219 g/mol. The molecular formula is C10H6BrF. The second-order valence-electron chi connectivity index (χ2n) is 2.61. The van der Waals surface area contributed by atoms with Gasteiger partial charge in [-0.05, 0) is 17.5 Å². The molecule has 2 aromatic rings. The quantitative estimate of drug-likeness (QED) is 0.640. The minimum atomic E-state index is -0.181. The maximum absolute atomic E-state index is 13.2. The average Bonchev–Trinajstić information content (AvgIpc) is 2.04. The highest BCUT2D eigenvalue weighted by Crippen LogP contribution is 2.22. The number of rotatable bonds is 0. The van der Waals surface area contributed by atoms with Crippen molar-refractivity contribution in [1.29, 1.82) is 0 Å². The van der Waals surface area contributed by atoms with E-state index in [2.05, 4.69) is 15.9 Å². The molecule has 12 heavy (non-hydrogen) atoms. The first kappa shape index (κ1) is 7.74. The Morgan fingerprint density at radius 1 is 1.08 bits per heavy atom. The Morgan fingerprint density at radius 3 is 2.67 bits per heavy atom. The average molecular weight is 225 g/mol. The first-order chi connectivity index (χ1) is 5.77. The summed E-state index contributed by atoms with van der Waals surface area (Å²) in [5.74, 6) is -0.181. The van der Waals surface area contributed by atoms with Crippen LogP contribution in [0.15, 0.2) is 40.9 Å². The third-order valence-corrected chi connectivity index (χ3v) is 2.23.